The highest BCUT2D eigenvalue weighted by Gasteiger charge is 2.15. The Morgan fingerprint density at radius 1 is 1.50 bits per heavy atom. The van der Waals surface area contributed by atoms with Gasteiger partial charge in [0.25, 0.3) is 0 Å². The summed E-state index contributed by atoms with van der Waals surface area (Å²) in [7, 11) is 1.61. The first-order valence-corrected chi connectivity index (χ1v) is 6.98. The Bertz CT molecular complexity index is 407. The van der Waals surface area contributed by atoms with E-state index in [1.54, 1.807) is 7.11 Å². The summed E-state index contributed by atoms with van der Waals surface area (Å²) in [5, 5.41) is 0. The first-order chi connectivity index (χ1) is 8.58. The number of rotatable bonds is 7. The van der Waals surface area contributed by atoms with Gasteiger partial charge in [0.1, 0.15) is 5.75 Å². The van der Waals surface area contributed by atoms with Crippen LogP contribution in [0.4, 0.5) is 0 Å². The predicted octanol–water partition coefficient (Wildman–Crippen LogP) is 3.09. The molecule has 100 valence electrons. The molecule has 0 heterocycles. The standard InChI is InChI=1S/C14H20BrNO2/c1-3-4-5-13(16)14(17)9-10-8-11(18-2)6-7-12(10)15/h6-8,13H,3-5,9,16H2,1-2H3. The van der Waals surface area contributed by atoms with Crippen LogP contribution >= 0.6 is 15.9 Å². The fourth-order valence-corrected chi connectivity index (χ4v) is 2.10. The van der Waals surface area contributed by atoms with E-state index in [1.807, 2.05) is 18.2 Å². The Kier molecular flexibility index (Phi) is 6.36. The lowest BCUT2D eigenvalue weighted by Crippen LogP contribution is -2.31. The zero-order chi connectivity index (χ0) is 13.5. The van der Waals surface area contributed by atoms with E-state index in [0.717, 1.165) is 35.0 Å². The number of ether oxygens (including phenoxy) is 1. The van der Waals surface area contributed by atoms with E-state index in [9.17, 15) is 4.79 Å². The number of ketones is 1. The number of nitrogens with two attached hydrogens (primary N) is 1. The van der Waals surface area contributed by atoms with Crippen LogP contribution in [0.1, 0.15) is 31.7 Å². The monoisotopic (exact) mass is 313 g/mol. The molecular formula is C14H20BrNO2. The molecule has 0 saturated heterocycles. The van der Waals surface area contributed by atoms with Crippen LogP contribution in [0.15, 0.2) is 22.7 Å². The van der Waals surface area contributed by atoms with E-state index in [2.05, 4.69) is 22.9 Å². The predicted molar refractivity (Wildman–Crippen MR) is 76.9 cm³/mol. The molecule has 1 unspecified atom stereocenters. The summed E-state index contributed by atoms with van der Waals surface area (Å²) in [4.78, 5) is 12.0. The number of Topliss-reactive ketones (excluding diaryl/α,β-unsaturated/α-hetero) is 1. The second kappa shape index (κ2) is 7.54. The molecule has 1 aromatic carbocycles. The molecule has 4 heteroatoms. The summed E-state index contributed by atoms with van der Waals surface area (Å²) in [6, 6.07) is 5.26. The largest absolute Gasteiger partial charge is 0.497 e. The van der Waals surface area contributed by atoms with Crippen molar-refractivity contribution in [3.05, 3.63) is 28.2 Å². The first-order valence-electron chi connectivity index (χ1n) is 6.19. The highest BCUT2D eigenvalue weighted by Crippen LogP contribution is 2.23. The lowest BCUT2D eigenvalue weighted by molar-refractivity contribution is -0.119. The van der Waals surface area contributed by atoms with Crippen LogP contribution in [-0.4, -0.2) is 18.9 Å². The van der Waals surface area contributed by atoms with E-state index >= 15 is 0 Å². The van der Waals surface area contributed by atoms with Gasteiger partial charge in [-0.3, -0.25) is 4.79 Å². The van der Waals surface area contributed by atoms with Crippen LogP contribution in [0.3, 0.4) is 0 Å². The summed E-state index contributed by atoms with van der Waals surface area (Å²) in [5.74, 6) is 0.834. The van der Waals surface area contributed by atoms with Crippen molar-refractivity contribution in [2.24, 2.45) is 5.73 Å². The lowest BCUT2D eigenvalue weighted by atomic mass is 10.0. The lowest BCUT2D eigenvalue weighted by Gasteiger charge is -2.11. The molecule has 1 atom stereocenters. The van der Waals surface area contributed by atoms with Gasteiger partial charge in [0, 0.05) is 10.9 Å². The van der Waals surface area contributed by atoms with Crippen LogP contribution in [-0.2, 0) is 11.2 Å². The maximum absolute atomic E-state index is 12.0. The molecule has 0 aliphatic heterocycles. The fourth-order valence-electron chi connectivity index (χ4n) is 1.72. The average Bonchev–Trinajstić information content (AvgIpc) is 2.38. The molecule has 0 fully saturated rings. The maximum Gasteiger partial charge on any atom is 0.153 e. The zero-order valence-corrected chi connectivity index (χ0v) is 12.5. The summed E-state index contributed by atoms with van der Waals surface area (Å²) in [6.45, 7) is 2.09. The van der Waals surface area contributed by atoms with E-state index < -0.39 is 0 Å². The summed E-state index contributed by atoms with van der Waals surface area (Å²) >= 11 is 3.44. The van der Waals surface area contributed by atoms with Gasteiger partial charge in [-0.1, -0.05) is 35.7 Å². The van der Waals surface area contributed by atoms with Crippen molar-refractivity contribution in [3.63, 3.8) is 0 Å². The van der Waals surface area contributed by atoms with Crippen LogP contribution in [0.2, 0.25) is 0 Å². The number of carbonyl (C=O) groups is 1. The SMILES string of the molecule is CCCCC(N)C(=O)Cc1cc(OC)ccc1Br. The van der Waals surface area contributed by atoms with E-state index in [4.69, 9.17) is 10.5 Å². The molecule has 0 aliphatic rings. The average molecular weight is 314 g/mol. The third-order valence-electron chi connectivity index (χ3n) is 2.90. The van der Waals surface area contributed by atoms with E-state index in [1.165, 1.54) is 0 Å². The molecule has 0 radical (unpaired) electrons. The molecule has 3 nitrogen and oxygen atoms in total. The van der Waals surface area contributed by atoms with Gasteiger partial charge in [-0.2, -0.15) is 0 Å². The Labute approximate surface area is 117 Å². The van der Waals surface area contributed by atoms with E-state index in [0.29, 0.717) is 6.42 Å². The van der Waals surface area contributed by atoms with Crippen molar-refractivity contribution < 1.29 is 9.53 Å². The van der Waals surface area contributed by atoms with Crippen molar-refractivity contribution in [3.8, 4) is 5.75 Å². The minimum absolute atomic E-state index is 0.0809. The molecule has 0 bridgehead atoms. The van der Waals surface area contributed by atoms with Gasteiger partial charge >= 0.3 is 0 Å². The third kappa shape index (κ3) is 4.42. The number of carbonyl (C=O) groups excluding carboxylic acids is 1. The van der Waals surface area contributed by atoms with Gasteiger partial charge in [-0.15, -0.1) is 0 Å². The van der Waals surface area contributed by atoms with Crippen LogP contribution in [0.5, 0.6) is 5.75 Å². The molecule has 0 aromatic heterocycles. The van der Waals surface area contributed by atoms with Gasteiger partial charge in [0.2, 0.25) is 0 Å². The van der Waals surface area contributed by atoms with Gasteiger partial charge < -0.3 is 10.5 Å². The molecule has 0 aliphatic carbocycles. The van der Waals surface area contributed by atoms with Gasteiger partial charge in [0.05, 0.1) is 13.2 Å². The highest BCUT2D eigenvalue weighted by atomic mass is 79.9. The van der Waals surface area contributed by atoms with Gasteiger partial charge in [0.15, 0.2) is 5.78 Å². The Morgan fingerprint density at radius 3 is 2.83 bits per heavy atom. The minimum Gasteiger partial charge on any atom is -0.497 e. The molecule has 18 heavy (non-hydrogen) atoms. The van der Waals surface area contributed by atoms with Crippen LogP contribution < -0.4 is 10.5 Å². The van der Waals surface area contributed by atoms with Crippen LogP contribution in [0.25, 0.3) is 0 Å². The Hall–Kier alpha value is -0.870. The van der Waals surface area contributed by atoms with Crippen molar-refractivity contribution in [1.29, 1.82) is 0 Å². The molecule has 2 N–H and O–H groups in total. The Balaban J connectivity index is 2.68. The smallest absolute Gasteiger partial charge is 0.153 e. The number of hydrogen-bond acceptors (Lipinski definition) is 3. The first kappa shape index (κ1) is 15.2. The minimum atomic E-state index is -0.358. The van der Waals surface area contributed by atoms with Crippen molar-refractivity contribution in [2.75, 3.05) is 7.11 Å². The highest BCUT2D eigenvalue weighted by molar-refractivity contribution is 9.10. The molecule has 1 aromatic rings. The third-order valence-corrected chi connectivity index (χ3v) is 3.67. The fraction of sp³-hybridized carbons (Fsp3) is 0.500. The van der Waals surface area contributed by atoms with Crippen molar-refractivity contribution in [1.82, 2.24) is 0 Å². The number of unbranched alkanes of at least 4 members (excludes halogenated alkanes) is 1. The van der Waals surface area contributed by atoms with Crippen molar-refractivity contribution >= 4 is 21.7 Å². The van der Waals surface area contributed by atoms with Gasteiger partial charge in [-0.25, -0.2) is 0 Å². The normalized spacial score (nSPS) is 12.2. The van der Waals surface area contributed by atoms with Gasteiger partial charge in [-0.05, 0) is 30.2 Å². The molecule has 0 amide bonds. The molecule has 0 spiro atoms. The quantitative estimate of drug-likeness (QED) is 0.841. The second-order valence-corrected chi connectivity index (χ2v) is 5.20. The van der Waals surface area contributed by atoms with Crippen molar-refractivity contribution in [2.45, 2.75) is 38.6 Å². The Morgan fingerprint density at radius 2 is 2.22 bits per heavy atom. The number of benzene rings is 1. The van der Waals surface area contributed by atoms with E-state index in [-0.39, 0.29) is 11.8 Å². The number of halogens is 1. The number of methoxy groups -OCH3 is 1. The molecular weight excluding hydrogens is 294 g/mol. The van der Waals surface area contributed by atoms with Crippen LogP contribution in [0, 0.1) is 0 Å². The topological polar surface area (TPSA) is 52.3 Å². The summed E-state index contributed by atoms with van der Waals surface area (Å²) in [5.41, 5.74) is 6.80. The second-order valence-electron chi connectivity index (χ2n) is 4.35. The number of hydrogen-bond donors (Lipinski definition) is 1. The summed E-state index contributed by atoms with van der Waals surface area (Å²) < 4.78 is 6.07. The molecule has 0 saturated carbocycles. The molecule has 1 rings (SSSR count). The maximum atomic E-state index is 12.0. The zero-order valence-electron chi connectivity index (χ0n) is 10.9. The summed E-state index contributed by atoms with van der Waals surface area (Å²) in [6.07, 6.45) is 3.16.